The Hall–Kier alpha value is -1.81. The summed E-state index contributed by atoms with van der Waals surface area (Å²) in [5.41, 5.74) is 4.58. The molecule has 0 radical (unpaired) electrons. The third-order valence-corrected chi connectivity index (χ3v) is 4.59. The van der Waals surface area contributed by atoms with Crippen molar-refractivity contribution in [2.24, 2.45) is 0 Å². The number of aryl methyl sites for hydroxylation is 2. The topological polar surface area (TPSA) is 46.2 Å². The van der Waals surface area contributed by atoms with E-state index in [4.69, 9.17) is 0 Å². The smallest absolute Gasteiger partial charge is 0.236 e. The fourth-order valence-corrected chi connectivity index (χ4v) is 3.23. The highest BCUT2D eigenvalue weighted by Gasteiger charge is 2.13. The molecule has 1 N–H and O–H groups in total. The Kier molecular flexibility index (Phi) is 4.14. The number of rotatable bonds is 4. The maximum absolute atomic E-state index is 12.2. The maximum atomic E-state index is 12.2. The molecule has 0 aliphatic rings. The molecule has 0 fully saturated rings. The molecule has 106 valence electrons. The Morgan fingerprint density at radius 2 is 1.60 bits per heavy atom. The molecule has 0 bridgehead atoms. The minimum absolute atomic E-state index is 0.0132. The van der Waals surface area contributed by atoms with Gasteiger partial charge in [-0.15, -0.1) is 0 Å². The molecule has 3 nitrogen and oxygen atoms in total. The summed E-state index contributed by atoms with van der Waals surface area (Å²) in [6.07, 6.45) is 0. The third-order valence-electron chi connectivity index (χ3n) is 3.35. The van der Waals surface area contributed by atoms with Gasteiger partial charge in [-0.25, -0.2) is 8.42 Å². The van der Waals surface area contributed by atoms with E-state index in [0.717, 1.165) is 22.3 Å². The number of hydrogen-bond donors (Lipinski definition) is 1. The summed E-state index contributed by atoms with van der Waals surface area (Å²) < 4.78 is 27.1. The second kappa shape index (κ2) is 5.67. The summed E-state index contributed by atoms with van der Waals surface area (Å²) in [4.78, 5) is 0. The predicted molar refractivity (Wildman–Crippen MR) is 83.3 cm³/mol. The van der Waals surface area contributed by atoms with Gasteiger partial charge >= 0.3 is 0 Å². The second-order valence-corrected chi connectivity index (χ2v) is 6.82. The molecule has 2 aromatic rings. The minimum atomic E-state index is -3.39. The van der Waals surface area contributed by atoms with Crippen LogP contribution in [0.1, 0.15) is 22.3 Å². The molecule has 0 saturated heterocycles. The van der Waals surface area contributed by atoms with E-state index < -0.39 is 10.0 Å². The highest BCUT2D eigenvalue weighted by atomic mass is 32.2. The summed E-state index contributed by atoms with van der Waals surface area (Å²) in [6.45, 7) is 5.86. The van der Waals surface area contributed by atoms with E-state index in [-0.39, 0.29) is 5.75 Å². The summed E-state index contributed by atoms with van der Waals surface area (Å²) >= 11 is 0. The van der Waals surface area contributed by atoms with E-state index in [1.54, 1.807) is 6.07 Å². The lowest BCUT2D eigenvalue weighted by Crippen LogP contribution is -2.16. The molecule has 0 amide bonds. The first kappa shape index (κ1) is 14.6. The van der Waals surface area contributed by atoms with Gasteiger partial charge in [-0.3, -0.25) is 4.72 Å². The average Bonchev–Trinajstić information content (AvgIpc) is 2.37. The van der Waals surface area contributed by atoms with Gasteiger partial charge in [0.1, 0.15) is 0 Å². The van der Waals surface area contributed by atoms with Gasteiger partial charge in [-0.05, 0) is 43.5 Å². The number of benzene rings is 2. The lowest BCUT2D eigenvalue weighted by atomic mass is 10.1. The zero-order valence-electron chi connectivity index (χ0n) is 12.0. The van der Waals surface area contributed by atoms with E-state index in [1.807, 2.05) is 57.2 Å². The van der Waals surface area contributed by atoms with Crippen molar-refractivity contribution in [1.29, 1.82) is 0 Å². The predicted octanol–water partition coefficient (Wildman–Crippen LogP) is 3.55. The van der Waals surface area contributed by atoms with E-state index in [2.05, 4.69) is 4.72 Å². The van der Waals surface area contributed by atoms with E-state index in [0.29, 0.717) is 5.69 Å². The zero-order valence-corrected chi connectivity index (χ0v) is 12.8. The van der Waals surface area contributed by atoms with E-state index in [1.165, 1.54) is 0 Å². The summed E-state index contributed by atoms with van der Waals surface area (Å²) in [7, 11) is -3.39. The Bertz CT molecular complexity index is 704. The molecule has 0 unspecified atom stereocenters. The molecule has 4 heteroatoms. The van der Waals surface area contributed by atoms with Crippen LogP contribution in [0.15, 0.2) is 42.5 Å². The van der Waals surface area contributed by atoms with Crippen LogP contribution in [0.5, 0.6) is 0 Å². The van der Waals surface area contributed by atoms with Crippen LogP contribution in [0.2, 0.25) is 0 Å². The van der Waals surface area contributed by atoms with Crippen LogP contribution in [0.25, 0.3) is 0 Å². The minimum Gasteiger partial charge on any atom is -0.283 e. The number of anilines is 1. The van der Waals surface area contributed by atoms with Gasteiger partial charge in [0.05, 0.1) is 11.4 Å². The van der Waals surface area contributed by atoms with Gasteiger partial charge in [0.15, 0.2) is 0 Å². The van der Waals surface area contributed by atoms with Crippen LogP contribution >= 0.6 is 0 Å². The van der Waals surface area contributed by atoms with E-state index >= 15 is 0 Å². The first-order chi connectivity index (χ1) is 9.37. The second-order valence-electron chi connectivity index (χ2n) is 5.09. The molecule has 0 heterocycles. The lowest BCUT2D eigenvalue weighted by Gasteiger charge is -2.12. The zero-order chi connectivity index (χ0) is 14.8. The van der Waals surface area contributed by atoms with Crippen LogP contribution in [0.3, 0.4) is 0 Å². The molecular weight excluding hydrogens is 270 g/mol. The SMILES string of the molecule is Cc1ccc(CS(=O)(=O)Nc2cccc(C)c2C)cc1. The van der Waals surface area contributed by atoms with Crippen molar-refractivity contribution in [3.05, 3.63) is 64.7 Å². The van der Waals surface area contributed by atoms with Crippen molar-refractivity contribution in [1.82, 2.24) is 0 Å². The fourth-order valence-electron chi connectivity index (χ4n) is 1.97. The van der Waals surface area contributed by atoms with Crippen LogP contribution in [0, 0.1) is 20.8 Å². The summed E-state index contributed by atoms with van der Waals surface area (Å²) in [5.74, 6) is -0.0132. The van der Waals surface area contributed by atoms with Gasteiger partial charge in [0.25, 0.3) is 0 Å². The van der Waals surface area contributed by atoms with Gasteiger partial charge < -0.3 is 0 Å². The van der Waals surface area contributed by atoms with Gasteiger partial charge in [0, 0.05) is 0 Å². The van der Waals surface area contributed by atoms with Gasteiger partial charge in [0.2, 0.25) is 10.0 Å². The Morgan fingerprint density at radius 1 is 0.950 bits per heavy atom. The van der Waals surface area contributed by atoms with Crippen molar-refractivity contribution in [2.75, 3.05) is 4.72 Å². The van der Waals surface area contributed by atoms with Crippen LogP contribution < -0.4 is 4.72 Å². The van der Waals surface area contributed by atoms with E-state index in [9.17, 15) is 8.42 Å². The molecule has 2 rings (SSSR count). The first-order valence-electron chi connectivity index (χ1n) is 6.50. The largest absolute Gasteiger partial charge is 0.283 e. The number of sulfonamides is 1. The molecule has 20 heavy (non-hydrogen) atoms. The van der Waals surface area contributed by atoms with Crippen molar-refractivity contribution in [2.45, 2.75) is 26.5 Å². The lowest BCUT2D eigenvalue weighted by molar-refractivity contribution is 0.600. The Labute approximate surface area is 120 Å². The van der Waals surface area contributed by atoms with Gasteiger partial charge in [-0.2, -0.15) is 0 Å². The van der Waals surface area contributed by atoms with Crippen molar-refractivity contribution < 1.29 is 8.42 Å². The number of nitrogens with one attached hydrogen (secondary N) is 1. The first-order valence-corrected chi connectivity index (χ1v) is 8.15. The normalized spacial score (nSPS) is 11.3. The standard InChI is InChI=1S/C16H19NO2S/c1-12-7-9-15(10-8-12)11-20(18,19)17-16-6-4-5-13(2)14(16)3/h4-10,17H,11H2,1-3H3. The van der Waals surface area contributed by atoms with Crippen LogP contribution in [-0.2, 0) is 15.8 Å². The summed E-state index contributed by atoms with van der Waals surface area (Å²) in [5, 5.41) is 0. The average molecular weight is 289 g/mol. The van der Waals surface area contributed by atoms with Crippen molar-refractivity contribution >= 4 is 15.7 Å². The Morgan fingerprint density at radius 3 is 2.25 bits per heavy atom. The molecular formula is C16H19NO2S. The Balaban J connectivity index is 2.19. The third kappa shape index (κ3) is 3.61. The van der Waals surface area contributed by atoms with Crippen LogP contribution in [0.4, 0.5) is 5.69 Å². The molecule has 2 aromatic carbocycles. The highest BCUT2D eigenvalue weighted by Crippen LogP contribution is 2.20. The summed E-state index contributed by atoms with van der Waals surface area (Å²) in [6, 6.07) is 13.1. The molecule has 0 aliphatic carbocycles. The molecule has 0 aliphatic heterocycles. The number of hydrogen-bond acceptors (Lipinski definition) is 2. The monoisotopic (exact) mass is 289 g/mol. The highest BCUT2D eigenvalue weighted by molar-refractivity contribution is 7.91. The molecule has 0 aromatic heterocycles. The van der Waals surface area contributed by atoms with Crippen molar-refractivity contribution in [3.8, 4) is 0 Å². The fraction of sp³-hybridized carbons (Fsp3) is 0.250. The molecule has 0 spiro atoms. The van der Waals surface area contributed by atoms with Crippen molar-refractivity contribution in [3.63, 3.8) is 0 Å². The molecule has 0 atom stereocenters. The van der Waals surface area contributed by atoms with Gasteiger partial charge in [-0.1, -0.05) is 42.0 Å². The quantitative estimate of drug-likeness (QED) is 0.935. The van der Waals surface area contributed by atoms with Crippen LogP contribution in [-0.4, -0.2) is 8.42 Å². The maximum Gasteiger partial charge on any atom is 0.236 e. The molecule has 0 saturated carbocycles.